The average Bonchev–Trinajstić information content (AvgIpc) is 3.14. The molecule has 0 saturated carbocycles. The molecule has 2 aliphatic rings. The molecule has 21 heavy (non-hydrogen) atoms. The number of H-pyrrole nitrogens is 1. The minimum atomic E-state index is -0.124. The fourth-order valence-corrected chi connectivity index (χ4v) is 3.18. The first-order valence-corrected chi connectivity index (χ1v) is 7.47. The Morgan fingerprint density at radius 3 is 2.86 bits per heavy atom. The molecular weight excluding hydrogens is 266 g/mol. The van der Waals surface area contributed by atoms with Gasteiger partial charge in [-0.3, -0.25) is 4.79 Å². The van der Waals surface area contributed by atoms with E-state index in [1.165, 1.54) is 16.8 Å². The van der Waals surface area contributed by atoms with Gasteiger partial charge in [0.25, 0.3) is 5.91 Å². The Morgan fingerprint density at radius 1 is 1.43 bits per heavy atom. The highest BCUT2D eigenvalue weighted by Gasteiger charge is 2.32. The number of rotatable bonds is 3. The number of amides is 1. The third kappa shape index (κ3) is 2.42. The molecule has 3 rings (SSSR count). The molecule has 1 saturated heterocycles. The Labute approximate surface area is 124 Å². The molecule has 1 aromatic rings. The topological polar surface area (TPSA) is 66.5 Å². The lowest BCUT2D eigenvalue weighted by Gasteiger charge is -2.07. The van der Waals surface area contributed by atoms with Crippen LogP contribution in [0.1, 0.15) is 35.9 Å². The van der Waals surface area contributed by atoms with Crippen LogP contribution in [0.15, 0.2) is 10.7 Å². The van der Waals surface area contributed by atoms with Gasteiger partial charge in [-0.05, 0) is 43.9 Å². The number of nitrogens with zero attached hydrogens (tertiary/aromatic N) is 1. The number of hydrogen-bond donors (Lipinski definition) is 2. The summed E-state index contributed by atoms with van der Waals surface area (Å²) in [4.78, 5) is 15.4. The van der Waals surface area contributed by atoms with Crippen molar-refractivity contribution < 1.29 is 9.53 Å². The van der Waals surface area contributed by atoms with Crippen molar-refractivity contribution in [2.45, 2.75) is 33.6 Å². The van der Waals surface area contributed by atoms with Crippen molar-refractivity contribution in [1.82, 2.24) is 10.4 Å². The molecule has 0 radical (unpaired) electrons. The van der Waals surface area contributed by atoms with Gasteiger partial charge in [0.15, 0.2) is 0 Å². The van der Waals surface area contributed by atoms with Gasteiger partial charge in [-0.1, -0.05) is 6.92 Å². The van der Waals surface area contributed by atoms with Crippen molar-refractivity contribution in [3.63, 3.8) is 0 Å². The number of aromatic amines is 1. The van der Waals surface area contributed by atoms with E-state index in [-0.39, 0.29) is 11.8 Å². The first-order chi connectivity index (χ1) is 10.1. The zero-order valence-electron chi connectivity index (χ0n) is 12.7. The summed E-state index contributed by atoms with van der Waals surface area (Å²) in [6.45, 7) is 7.70. The molecular formula is C16H21N3O2. The highest BCUT2D eigenvalue weighted by atomic mass is 16.5. The summed E-state index contributed by atoms with van der Waals surface area (Å²) in [6, 6.07) is 0. The number of ether oxygens (including phenoxy) is 1. The van der Waals surface area contributed by atoms with Crippen LogP contribution in [-0.4, -0.2) is 29.8 Å². The zero-order chi connectivity index (χ0) is 15.0. The van der Waals surface area contributed by atoms with Gasteiger partial charge in [-0.2, -0.15) is 5.10 Å². The summed E-state index contributed by atoms with van der Waals surface area (Å²) in [5.41, 5.74) is 8.79. The lowest BCUT2D eigenvalue weighted by atomic mass is 9.95. The molecule has 0 spiro atoms. The maximum atomic E-state index is 12.1. The summed E-state index contributed by atoms with van der Waals surface area (Å²) in [6.07, 6.45) is 3.84. The lowest BCUT2D eigenvalue weighted by Crippen LogP contribution is -2.18. The fourth-order valence-electron chi connectivity index (χ4n) is 3.18. The summed E-state index contributed by atoms with van der Waals surface area (Å²) >= 11 is 0. The predicted octanol–water partition coefficient (Wildman–Crippen LogP) is 2.10. The van der Waals surface area contributed by atoms with Crippen LogP contribution in [0.3, 0.4) is 0 Å². The molecule has 1 fully saturated rings. The molecule has 0 bridgehead atoms. The fraction of sp³-hybridized carbons (Fsp3) is 0.500. The molecule has 1 atom stereocenters. The van der Waals surface area contributed by atoms with Crippen molar-refractivity contribution in [1.29, 1.82) is 0 Å². The molecule has 3 heterocycles. The monoisotopic (exact) mass is 287 g/mol. The van der Waals surface area contributed by atoms with Crippen molar-refractivity contribution >= 4 is 17.7 Å². The number of nitrogens with one attached hydrogen (secondary N) is 2. The Morgan fingerprint density at radius 2 is 2.24 bits per heavy atom. The smallest absolute Gasteiger partial charge is 0.273 e. The quantitative estimate of drug-likeness (QED) is 0.836. The number of aryl methyl sites for hydroxylation is 1. The van der Waals surface area contributed by atoms with E-state index in [2.05, 4.69) is 36.3 Å². The first-order valence-electron chi connectivity index (χ1n) is 7.47. The van der Waals surface area contributed by atoms with E-state index < -0.39 is 0 Å². The Bertz CT molecular complexity index is 634. The summed E-state index contributed by atoms with van der Waals surface area (Å²) in [5.74, 6) is 0.0961. The van der Waals surface area contributed by atoms with E-state index in [1.807, 2.05) is 6.08 Å². The zero-order valence-corrected chi connectivity index (χ0v) is 12.7. The van der Waals surface area contributed by atoms with E-state index in [0.717, 1.165) is 30.9 Å². The van der Waals surface area contributed by atoms with E-state index >= 15 is 0 Å². The number of hydrogen-bond acceptors (Lipinski definition) is 3. The van der Waals surface area contributed by atoms with Gasteiger partial charge in [0.05, 0.1) is 17.9 Å². The second-order valence-corrected chi connectivity index (χ2v) is 5.68. The maximum absolute atomic E-state index is 12.1. The number of aromatic nitrogens is 1. The molecule has 112 valence electrons. The van der Waals surface area contributed by atoms with Crippen LogP contribution in [-0.2, 0) is 16.0 Å². The van der Waals surface area contributed by atoms with Gasteiger partial charge in [0.1, 0.15) is 0 Å². The molecule has 1 unspecified atom stereocenters. The molecule has 5 heteroatoms. The second kappa shape index (κ2) is 5.48. The molecule has 0 aromatic carbocycles. The number of carbonyl (C=O) groups excluding carboxylic acids is 1. The molecule has 1 aromatic heterocycles. The van der Waals surface area contributed by atoms with Gasteiger partial charge in [-0.15, -0.1) is 0 Å². The van der Waals surface area contributed by atoms with Crippen LogP contribution in [0.5, 0.6) is 0 Å². The predicted molar refractivity (Wildman–Crippen MR) is 82.1 cm³/mol. The van der Waals surface area contributed by atoms with Crippen LogP contribution in [0.25, 0.3) is 6.08 Å². The van der Waals surface area contributed by atoms with Crippen LogP contribution < -0.4 is 5.43 Å². The Balaban J connectivity index is 1.97. The van der Waals surface area contributed by atoms with E-state index in [1.54, 1.807) is 0 Å². The van der Waals surface area contributed by atoms with E-state index in [9.17, 15) is 4.79 Å². The highest BCUT2D eigenvalue weighted by molar-refractivity contribution is 6.28. The maximum Gasteiger partial charge on any atom is 0.273 e. The minimum Gasteiger partial charge on any atom is -0.381 e. The Hall–Kier alpha value is -1.88. The van der Waals surface area contributed by atoms with Crippen molar-refractivity contribution in [3.8, 4) is 0 Å². The number of hydrazone groups is 1. The summed E-state index contributed by atoms with van der Waals surface area (Å²) in [5, 5.41) is 4.21. The van der Waals surface area contributed by atoms with Gasteiger partial charge < -0.3 is 9.72 Å². The third-order valence-corrected chi connectivity index (χ3v) is 4.39. The largest absolute Gasteiger partial charge is 0.381 e. The minimum absolute atomic E-state index is 0.124. The standard InChI is InChI=1S/C16H21N3O2/c1-4-12-9(2)14(17-10(12)3)7-13-15(18-19-16(13)20)11-5-6-21-8-11/h7,11,17H,4-6,8H2,1-3H3,(H,19,20). The van der Waals surface area contributed by atoms with Crippen LogP contribution in [0, 0.1) is 19.8 Å². The molecule has 5 nitrogen and oxygen atoms in total. The van der Waals surface area contributed by atoms with Gasteiger partial charge in [0, 0.05) is 23.9 Å². The first kappa shape index (κ1) is 14.1. The van der Waals surface area contributed by atoms with Crippen LogP contribution >= 0.6 is 0 Å². The van der Waals surface area contributed by atoms with E-state index in [4.69, 9.17) is 4.74 Å². The van der Waals surface area contributed by atoms with Gasteiger partial charge in [0.2, 0.25) is 0 Å². The molecule has 1 amide bonds. The van der Waals surface area contributed by atoms with Crippen LogP contribution in [0.4, 0.5) is 0 Å². The van der Waals surface area contributed by atoms with Crippen molar-refractivity contribution in [2.75, 3.05) is 13.2 Å². The normalized spacial score (nSPS) is 23.8. The summed E-state index contributed by atoms with van der Waals surface area (Å²) < 4.78 is 5.41. The highest BCUT2D eigenvalue weighted by Crippen LogP contribution is 2.26. The van der Waals surface area contributed by atoms with Crippen molar-refractivity contribution in [3.05, 3.63) is 28.1 Å². The SMILES string of the molecule is CCc1c(C)[nH]c(C=C2C(=O)NN=C2C2CCOC2)c1C. The molecule has 2 aliphatic heterocycles. The molecule has 2 N–H and O–H groups in total. The van der Waals surface area contributed by atoms with Gasteiger partial charge >= 0.3 is 0 Å². The van der Waals surface area contributed by atoms with Crippen molar-refractivity contribution in [2.24, 2.45) is 11.0 Å². The average molecular weight is 287 g/mol. The van der Waals surface area contributed by atoms with E-state index in [0.29, 0.717) is 12.2 Å². The summed E-state index contributed by atoms with van der Waals surface area (Å²) in [7, 11) is 0. The Kier molecular flexibility index (Phi) is 3.68. The second-order valence-electron chi connectivity index (χ2n) is 5.68. The van der Waals surface area contributed by atoms with Crippen LogP contribution in [0.2, 0.25) is 0 Å². The lowest BCUT2D eigenvalue weighted by molar-refractivity contribution is -0.116. The third-order valence-electron chi connectivity index (χ3n) is 4.39. The van der Waals surface area contributed by atoms with Gasteiger partial charge in [-0.25, -0.2) is 5.43 Å². The number of carbonyl (C=O) groups is 1. The molecule has 0 aliphatic carbocycles.